The van der Waals surface area contributed by atoms with Gasteiger partial charge in [-0.05, 0) is 82.9 Å². The fourth-order valence-corrected chi connectivity index (χ4v) is 6.88. The molecule has 0 saturated heterocycles. The number of carboxylic acids is 1. The first-order valence-electron chi connectivity index (χ1n) is 16.1. The van der Waals surface area contributed by atoms with Crippen LogP contribution in [0.4, 0.5) is 4.39 Å². The number of aliphatic carboxylic acids is 1. The minimum Gasteiger partial charge on any atom is -0.490 e. The summed E-state index contributed by atoms with van der Waals surface area (Å²) in [5.74, 6) is -1.30. The maximum Gasteiger partial charge on any atom is 0.307 e. The summed E-state index contributed by atoms with van der Waals surface area (Å²) >= 11 is 0. The minimum atomic E-state index is -1.00. The summed E-state index contributed by atoms with van der Waals surface area (Å²) in [4.78, 5) is 21.9. The van der Waals surface area contributed by atoms with Gasteiger partial charge in [0.1, 0.15) is 11.2 Å². The van der Waals surface area contributed by atoms with Crippen molar-refractivity contribution in [3.05, 3.63) is 77.0 Å². The second-order valence-electron chi connectivity index (χ2n) is 13.5. The molecule has 1 aliphatic heterocycles. The Bertz CT molecular complexity index is 2280. The quantitative estimate of drug-likeness (QED) is 0.197. The van der Waals surface area contributed by atoms with Gasteiger partial charge in [0.25, 0.3) is 0 Å². The number of ether oxygens (including phenoxy) is 2. The molecule has 1 aliphatic rings. The van der Waals surface area contributed by atoms with Crippen molar-refractivity contribution in [1.29, 1.82) is 0 Å². The van der Waals surface area contributed by atoms with E-state index in [0.29, 0.717) is 46.4 Å². The Morgan fingerprint density at radius 2 is 1.88 bits per heavy atom. The standard InChI is InChI=1S/C38H38FN5O4/c1-20-25-9-8-14-47-35(25)34(39)36(48-38(3,4)5)32(20)33-26(18-31(45)46)21(2)42-37-27(33)17-29(43(37)6)23-12-13-40-28(15-23)22-10-11-24-19-41-44(7)30(24)16-22/h10-13,15-17,19H,8-9,14,18H2,1-7H3,(H,45,46). The molecule has 2 aromatic carbocycles. The number of rotatable bonds is 6. The summed E-state index contributed by atoms with van der Waals surface area (Å²) in [7, 11) is 3.85. The van der Waals surface area contributed by atoms with Gasteiger partial charge in [-0.25, -0.2) is 4.98 Å². The highest BCUT2D eigenvalue weighted by atomic mass is 19.1. The van der Waals surface area contributed by atoms with Crippen molar-refractivity contribution in [3.63, 3.8) is 0 Å². The third kappa shape index (κ3) is 5.25. The Labute approximate surface area is 278 Å². The van der Waals surface area contributed by atoms with Gasteiger partial charge in [-0.1, -0.05) is 12.1 Å². The van der Waals surface area contributed by atoms with Gasteiger partial charge in [-0.2, -0.15) is 9.49 Å². The summed E-state index contributed by atoms with van der Waals surface area (Å²) < 4.78 is 32.7. The predicted octanol–water partition coefficient (Wildman–Crippen LogP) is 7.74. The van der Waals surface area contributed by atoms with E-state index in [1.165, 1.54) is 0 Å². The number of pyridine rings is 2. The Morgan fingerprint density at radius 1 is 1.08 bits per heavy atom. The van der Waals surface area contributed by atoms with Crippen molar-refractivity contribution >= 4 is 27.9 Å². The molecule has 0 bridgehead atoms. The Balaban J connectivity index is 1.50. The number of carboxylic acid groups (broad SMARTS) is 1. The number of benzene rings is 2. The van der Waals surface area contributed by atoms with E-state index in [9.17, 15) is 9.90 Å². The van der Waals surface area contributed by atoms with Crippen LogP contribution in [-0.2, 0) is 31.7 Å². The van der Waals surface area contributed by atoms with Crippen molar-refractivity contribution in [3.8, 4) is 45.1 Å². The van der Waals surface area contributed by atoms with Gasteiger partial charge in [0, 0.05) is 64.6 Å². The molecule has 0 spiro atoms. The summed E-state index contributed by atoms with van der Waals surface area (Å²) in [6.45, 7) is 9.78. The molecular formula is C38H38FN5O4. The molecule has 10 heteroatoms. The molecule has 5 heterocycles. The minimum absolute atomic E-state index is 0.0568. The van der Waals surface area contributed by atoms with Crippen molar-refractivity contribution in [2.24, 2.45) is 14.1 Å². The van der Waals surface area contributed by atoms with Gasteiger partial charge in [-0.3, -0.25) is 14.5 Å². The van der Waals surface area contributed by atoms with Crippen LogP contribution in [0.15, 0.2) is 48.8 Å². The lowest BCUT2D eigenvalue weighted by Crippen LogP contribution is -2.25. The van der Waals surface area contributed by atoms with Crippen molar-refractivity contribution in [2.45, 2.75) is 59.5 Å². The molecule has 0 amide bonds. The van der Waals surface area contributed by atoms with E-state index in [0.717, 1.165) is 51.0 Å². The molecule has 246 valence electrons. The number of halogens is 1. The largest absolute Gasteiger partial charge is 0.490 e. The van der Waals surface area contributed by atoms with Crippen LogP contribution in [-0.4, -0.2) is 47.6 Å². The molecule has 0 fully saturated rings. The van der Waals surface area contributed by atoms with E-state index in [2.05, 4.69) is 16.1 Å². The predicted molar refractivity (Wildman–Crippen MR) is 184 cm³/mol. The average molecular weight is 648 g/mol. The van der Waals surface area contributed by atoms with Gasteiger partial charge in [-0.15, -0.1) is 0 Å². The van der Waals surface area contributed by atoms with E-state index < -0.39 is 17.4 Å². The molecule has 48 heavy (non-hydrogen) atoms. The maximum absolute atomic E-state index is 16.6. The number of hydrogen-bond acceptors (Lipinski definition) is 6. The van der Waals surface area contributed by atoms with Crippen LogP contribution in [0, 0.1) is 19.7 Å². The Morgan fingerprint density at radius 3 is 2.62 bits per heavy atom. The second kappa shape index (κ2) is 11.5. The molecular weight excluding hydrogens is 609 g/mol. The van der Waals surface area contributed by atoms with Crippen LogP contribution >= 0.6 is 0 Å². The third-order valence-electron chi connectivity index (χ3n) is 9.11. The van der Waals surface area contributed by atoms with Crippen LogP contribution in [0.2, 0.25) is 0 Å². The van der Waals surface area contributed by atoms with E-state index in [1.54, 1.807) is 6.20 Å². The Hall–Kier alpha value is -5.25. The van der Waals surface area contributed by atoms with Gasteiger partial charge in [0.15, 0.2) is 11.5 Å². The number of fused-ring (bicyclic) bond motifs is 3. The van der Waals surface area contributed by atoms with E-state index >= 15 is 4.39 Å². The highest BCUT2D eigenvalue weighted by Gasteiger charge is 2.33. The number of nitrogens with zero attached hydrogens (tertiary/aromatic N) is 5. The molecule has 0 saturated carbocycles. The lowest BCUT2D eigenvalue weighted by Gasteiger charge is -2.30. The number of carbonyl (C=O) groups is 1. The molecule has 0 unspecified atom stereocenters. The first-order chi connectivity index (χ1) is 22.8. The summed E-state index contributed by atoms with van der Waals surface area (Å²) in [5, 5.41) is 16.2. The summed E-state index contributed by atoms with van der Waals surface area (Å²) in [6.07, 6.45) is 4.74. The lowest BCUT2D eigenvalue weighted by molar-refractivity contribution is -0.136. The molecule has 7 rings (SSSR count). The van der Waals surface area contributed by atoms with Crippen molar-refractivity contribution in [2.75, 3.05) is 6.61 Å². The number of hydrogen-bond donors (Lipinski definition) is 1. The topological polar surface area (TPSA) is 104 Å². The van der Waals surface area contributed by atoms with Crippen LogP contribution in [0.1, 0.15) is 49.6 Å². The average Bonchev–Trinajstić information content (AvgIpc) is 3.58. The highest BCUT2D eigenvalue weighted by Crippen LogP contribution is 2.49. The normalized spacial score (nSPS) is 13.2. The van der Waals surface area contributed by atoms with Crippen LogP contribution < -0.4 is 9.47 Å². The van der Waals surface area contributed by atoms with E-state index in [1.807, 2.05) is 94.5 Å². The van der Waals surface area contributed by atoms with Crippen LogP contribution in [0.5, 0.6) is 11.5 Å². The summed E-state index contributed by atoms with van der Waals surface area (Å²) in [6, 6.07) is 12.1. The zero-order chi connectivity index (χ0) is 34.1. The first kappa shape index (κ1) is 31.4. The van der Waals surface area contributed by atoms with Crippen molar-refractivity contribution in [1.82, 2.24) is 24.3 Å². The second-order valence-corrected chi connectivity index (χ2v) is 13.5. The smallest absolute Gasteiger partial charge is 0.307 e. The monoisotopic (exact) mass is 647 g/mol. The summed E-state index contributed by atoms with van der Waals surface area (Å²) in [5.41, 5.74) is 8.24. The van der Waals surface area contributed by atoms with Gasteiger partial charge < -0.3 is 19.1 Å². The molecule has 0 aliphatic carbocycles. The molecule has 6 aromatic rings. The molecule has 4 aromatic heterocycles. The fraction of sp³-hybridized carbons (Fsp3) is 0.316. The third-order valence-corrected chi connectivity index (χ3v) is 9.11. The first-order valence-corrected chi connectivity index (χ1v) is 16.1. The maximum atomic E-state index is 16.6. The molecule has 0 atom stereocenters. The van der Waals surface area contributed by atoms with Gasteiger partial charge >= 0.3 is 5.97 Å². The Kier molecular flexibility index (Phi) is 7.49. The zero-order valence-electron chi connectivity index (χ0n) is 28.2. The van der Waals surface area contributed by atoms with E-state index in [-0.39, 0.29) is 17.9 Å². The lowest BCUT2D eigenvalue weighted by atomic mass is 9.86. The highest BCUT2D eigenvalue weighted by molar-refractivity contribution is 6.02. The zero-order valence-corrected chi connectivity index (χ0v) is 28.2. The van der Waals surface area contributed by atoms with Crippen LogP contribution in [0.25, 0.3) is 55.6 Å². The van der Waals surface area contributed by atoms with Crippen LogP contribution in [0.3, 0.4) is 0 Å². The number of aromatic nitrogens is 5. The fourth-order valence-electron chi connectivity index (χ4n) is 6.88. The molecule has 0 radical (unpaired) electrons. The number of aryl methyl sites for hydroxylation is 3. The SMILES string of the molecule is Cc1nc2c(cc(-c3ccnc(-c4ccc5cnn(C)c5c4)c3)n2C)c(-c2c(C)c3c(c(F)c2OC(C)(C)C)OCCC3)c1CC(=O)O. The molecule has 9 nitrogen and oxygen atoms in total. The van der Waals surface area contributed by atoms with E-state index in [4.69, 9.17) is 14.5 Å². The van der Waals surface area contributed by atoms with Gasteiger partial charge in [0.05, 0.1) is 36.1 Å². The van der Waals surface area contributed by atoms with Gasteiger partial charge in [0.2, 0.25) is 5.82 Å². The molecule has 1 N–H and O–H groups in total. The van der Waals surface area contributed by atoms with Crippen molar-refractivity contribution < 1.29 is 23.8 Å².